The molecule has 0 bridgehead atoms. The molecule has 1 aliphatic carbocycles. The van der Waals surface area contributed by atoms with Crippen molar-refractivity contribution < 1.29 is 5.11 Å². The molecule has 2 aromatic heterocycles. The van der Waals surface area contributed by atoms with Crippen LogP contribution in [0, 0.1) is 0 Å². The van der Waals surface area contributed by atoms with E-state index in [1.165, 1.54) is 0 Å². The van der Waals surface area contributed by atoms with Gasteiger partial charge in [0.25, 0.3) is 0 Å². The minimum absolute atomic E-state index is 0.0971. The first-order chi connectivity index (χ1) is 9.65. The van der Waals surface area contributed by atoms with Crippen LogP contribution in [0.25, 0.3) is 5.52 Å². The Morgan fingerprint density at radius 2 is 2.15 bits per heavy atom. The number of hydrogen-bond donors (Lipinski definition) is 2. The fourth-order valence-corrected chi connectivity index (χ4v) is 2.79. The van der Waals surface area contributed by atoms with Gasteiger partial charge in [-0.25, -0.2) is 9.50 Å². The number of rotatable bonds is 3. The smallest absolute Gasteiger partial charge is 0.152 e. The highest BCUT2D eigenvalue weighted by Crippen LogP contribution is 2.25. The lowest BCUT2D eigenvalue weighted by Gasteiger charge is -2.28. The second kappa shape index (κ2) is 5.40. The van der Waals surface area contributed by atoms with E-state index < -0.39 is 0 Å². The molecule has 0 radical (unpaired) electrons. The minimum Gasteiger partial charge on any atom is -0.391 e. The van der Waals surface area contributed by atoms with E-state index in [0.29, 0.717) is 5.92 Å². The average Bonchev–Trinajstić information content (AvgIpc) is 2.86. The van der Waals surface area contributed by atoms with Crippen LogP contribution in [0.15, 0.2) is 18.5 Å². The van der Waals surface area contributed by atoms with Gasteiger partial charge in [0.2, 0.25) is 0 Å². The lowest BCUT2D eigenvalue weighted by molar-refractivity contribution is 0.116. The predicted molar refractivity (Wildman–Crippen MR) is 79.0 cm³/mol. The topological polar surface area (TPSA) is 62.5 Å². The highest BCUT2D eigenvalue weighted by molar-refractivity contribution is 5.68. The monoisotopic (exact) mass is 274 g/mol. The van der Waals surface area contributed by atoms with Gasteiger partial charge in [-0.2, -0.15) is 5.10 Å². The number of aliphatic hydroxyl groups excluding tert-OH is 1. The van der Waals surface area contributed by atoms with Crippen LogP contribution in [0.5, 0.6) is 0 Å². The Hall–Kier alpha value is -1.62. The van der Waals surface area contributed by atoms with Crippen LogP contribution in [-0.2, 0) is 0 Å². The van der Waals surface area contributed by atoms with Crippen molar-refractivity contribution in [3.05, 3.63) is 24.2 Å². The molecule has 20 heavy (non-hydrogen) atoms. The minimum atomic E-state index is -0.279. The lowest BCUT2D eigenvalue weighted by Crippen LogP contribution is -2.36. The Labute approximate surface area is 119 Å². The maximum Gasteiger partial charge on any atom is 0.152 e. The summed E-state index contributed by atoms with van der Waals surface area (Å²) in [6.07, 6.45) is 7.48. The van der Waals surface area contributed by atoms with Crippen molar-refractivity contribution in [3.63, 3.8) is 0 Å². The molecule has 0 aromatic carbocycles. The summed E-state index contributed by atoms with van der Waals surface area (Å²) in [5.74, 6) is 1.21. The third kappa shape index (κ3) is 2.50. The van der Waals surface area contributed by atoms with Gasteiger partial charge in [0.15, 0.2) is 5.82 Å². The molecular formula is C15H22N4O. The maximum atomic E-state index is 10.1. The quantitative estimate of drug-likeness (QED) is 0.903. The first-order valence-corrected chi connectivity index (χ1v) is 7.44. The summed E-state index contributed by atoms with van der Waals surface area (Å²) in [5.41, 5.74) is 2.04. The van der Waals surface area contributed by atoms with Gasteiger partial charge in [0.1, 0.15) is 5.52 Å². The van der Waals surface area contributed by atoms with Gasteiger partial charge in [-0.05, 0) is 24.8 Å². The normalized spacial score (nSPS) is 23.4. The molecule has 1 fully saturated rings. The summed E-state index contributed by atoms with van der Waals surface area (Å²) >= 11 is 0. The molecule has 1 aliphatic rings. The zero-order chi connectivity index (χ0) is 14.1. The second-order valence-electron chi connectivity index (χ2n) is 5.93. The number of hydrogen-bond acceptors (Lipinski definition) is 4. The highest BCUT2D eigenvalue weighted by Gasteiger charge is 2.24. The zero-order valence-electron chi connectivity index (χ0n) is 12.1. The standard InChI is InChI=1S/C15H22N4O/c1-10(2)12-9-13-15(16-7-8-19(13)18-12)17-11-5-3-4-6-14(11)20/h7-11,14,20H,3-6H2,1-2H3,(H,16,17). The number of nitrogens with one attached hydrogen (secondary N) is 1. The van der Waals surface area contributed by atoms with Gasteiger partial charge in [-0.15, -0.1) is 0 Å². The van der Waals surface area contributed by atoms with Crippen LogP contribution < -0.4 is 5.32 Å². The molecule has 2 heterocycles. The summed E-state index contributed by atoms with van der Waals surface area (Å²) in [5, 5.41) is 18.0. The maximum absolute atomic E-state index is 10.1. The summed E-state index contributed by atoms with van der Waals surface area (Å²) in [6.45, 7) is 4.26. The number of nitrogens with zero attached hydrogens (tertiary/aromatic N) is 3. The summed E-state index contributed by atoms with van der Waals surface area (Å²) in [7, 11) is 0. The van der Waals surface area contributed by atoms with E-state index in [2.05, 4.69) is 35.3 Å². The molecule has 3 rings (SSSR count). The van der Waals surface area contributed by atoms with Gasteiger partial charge in [0.05, 0.1) is 17.8 Å². The fourth-order valence-electron chi connectivity index (χ4n) is 2.79. The number of fused-ring (bicyclic) bond motifs is 1. The molecule has 0 spiro atoms. The lowest BCUT2D eigenvalue weighted by atomic mass is 9.92. The van der Waals surface area contributed by atoms with Gasteiger partial charge in [0, 0.05) is 12.4 Å². The largest absolute Gasteiger partial charge is 0.391 e. The Morgan fingerprint density at radius 1 is 1.35 bits per heavy atom. The highest BCUT2D eigenvalue weighted by atomic mass is 16.3. The molecule has 0 amide bonds. The molecule has 0 aliphatic heterocycles. The molecule has 2 atom stereocenters. The Morgan fingerprint density at radius 3 is 2.90 bits per heavy atom. The molecular weight excluding hydrogens is 252 g/mol. The van der Waals surface area contributed by atoms with E-state index in [0.717, 1.165) is 42.7 Å². The number of aromatic nitrogens is 3. The fraction of sp³-hybridized carbons (Fsp3) is 0.600. The Balaban J connectivity index is 1.90. The van der Waals surface area contributed by atoms with Crippen LogP contribution in [0.1, 0.15) is 51.1 Å². The second-order valence-corrected chi connectivity index (χ2v) is 5.93. The first-order valence-electron chi connectivity index (χ1n) is 7.44. The Bertz CT molecular complexity index is 593. The van der Waals surface area contributed by atoms with E-state index in [4.69, 9.17) is 0 Å². The average molecular weight is 274 g/mol. The molecule has 2 N–H and O–H groups in total. The van der Waals surface area contributed by atoms with Gasteiger partial charge < -0.3 is 10.4 Å². The molecule has 1 saturated carbocycles. The molecule has 108 valence electrons. The summed E-state index contributed by atoms with van der Waals surface area (Å²) in [6, 6.07) is 2.18. The van der Waals surface area contributed by atoms with Gasteiger partial charge >= 0.3 is 0 Å². The van der Waals surface area contributed by atoms with Crippen LogP contribution in [-0.4, -0.2) is 31.9 Å². The van der Waals surface area contributed by atoms with E-state index in [-0.39, 0.29) is 12.1 Å². The van der Waals surface area contributed by atoms with Crippen LogP contribution in [0.3, 0.4) is 0 Å². The summed E-state index contributed by atoms with van der Waals surface area (Å²) < 4.78 is 1.86. The van der Waals surface area contributed by atoms with Crippen molar-refractivity contribution in [1.29, 1.82) is 0 Å². The van der Waals surface area contributed by atoms with Crippen molar-refractivity contribution in [3.8, 4) is 0 Å². The van der Waals surface area contributed by atoms with Crippen LogP contribution in [0.2, 0.25) is 0 Å². The van der Waals surface area contributed by atoms with Gasteiger partial charge in [-0.3, -0.25) is 0 Å². The van der Waals surface area contributed by atoms with Crippen molar-refractivity contribution in [2.45, 2.75) is 57.6 Å². The van der Waals surface area contributed by atoms with Crippen molar-refractivity contribution >= 4 is 11.3 Å². The molecule has 5 heteroatoms. The van der Waals surface area contributed by atoms with E-state index in [1.54, 1.807) is 6.20 Å². The third-order valence-corrected chi connectivity index (χ3v) is 4.05. The van der Waals surface area contributed by atoms with E-state index in [1.807, 2.05) is 10.7 Å². The SMILES string of the molecule is CC(C)c1cc2c(NC3CCCCC3O)nccn2n1. The van der Waals surface area contributed by atoms with Crippen LogP contribution in [0.4, 0.5) is 5.82 Å². The zero-order valence-corrected chi connectivity index (χ0v) is 12.1. The van der Waals surface area contributed by atoms with E-state index >= 15 is 0 Å². The molecule has 5 nitrogen and oxygen atoms in total. The number of anilines is 1. The molecule has 2 aromatic rings. The Kier molecular flexibility index (Phi) is 3.61. The molecule has 0 saturated heterocycles. The third-order valence-electron chi connectivity index (χ3n) is 4.05. The van der Waals surface area contributed by atoms with Crippen LogP contribution >= 0.6 is 0 Å². The van der Waals surface area contributed by atoms with Crippen molar-refractivity contribution in [1.82, 2.24) is 14.6 Å². The van der Waals surface area contributed by atoms with Crippen molar-refractivity contribution in [2.75, 3.05) is 5.32 Å². The summed E-state index contributed by atoms with van der Waals surface area (Å²) in [4.78, 5) is 4.43. The van der Waals surface area contributed by atoms with E-state index in [9.17, 15) is 5.11 Å². The van der Waals surface area contributed by atoms with Gasteiger partial charge in [-0.1, -0.05) is 26.7 Å². The molecule has 2 unspecified atom stereocenters. The first kappa shape index (κ1) is 13.4. The van der Waals surface area contributed by atoms with Crippen molar-refractivity contribution in [2.24, 2.45) is 0 Å². The number of aliphatic hydroxyl groups is 1. The predicted octanol–water partition coefficient (Wildman–Crippen LogP) is 2.57.